The molecule has 2 N–H and O–H groups in total. The molecule has 0 atom stereocenters. The average molecular weight is 729 g/mol. The molecule has 3 fully saturated rings. The smallest absolute Gasteiger partial charge is 0.328 e. The fourth-order valence-corrected chi connectivity index (χ4v) is 7.97. The van der Waals surface area contributed by atoms with Crippen molar-refractivity contribution in [1.82, 2.24) is 44.1 Å². The molecule has 0 radical (unpaired) electrons. The monoisotopic (exact) mass is 728 g/mol. The van der Waals surface area contributed by atoms with Gasteiger partial charge in [0, 0.05) is 81.4 Å². The van der Waals surface area contributed by atoms with Gasteiger partial charge >= 0.3 is 6.03 Å². The summed E-state index contributed by atoms with van der Waals surface area (Å²) in [5.74, 6) is 1.49. The minimum atomic E-state index is -3.50. The van der Waals surface area contributed by atoms with Crippen LogP contribution in [0.4, 0.5) is 32.3 Å². The van der Waals surface area contributed by atoms with Crippen LogP contribution in [0.3, 0.4) is 0 Å². The number of halogens is 1. The quantitative estimate of drug-likeness (QED) is 0.214. The van der Waals surface area contributed by atoms with Crippen LogP contribution in [0.1, 0.15) is 44.7 Å². The van der Waals surface area contributed by atoms with E-state index in [0.29, 0.717) is 79.8 Å². The lowest BCUT2D eigenvalue weighted by Crippen LogP contribution is -2.49. The van der Waals surface area contributed by atoms with Crippen LogP contribution in [0, 0.1) is 5.82 Å². The van der Waals surface area contributed by atoms with Crippen molar-refractivity contribution < 1.29 is 22.4 Å². The Morgan fingerprint density at radius 3 is 2.54 bits per heavy atom. The van der Waals surface area contributed by atoms with Crippen LogP contribution in [0.2, 0.25) is 0 Å². The lowest BCUT2D eigenvalue weighted by molar-refractivity contribution is -0.120. The molecule has 18 heteroatoms. The molecule has 3 aliphatic rings. The summed E-state index contributed by atoms with van der Waals surface area (Å²) in [5, 5.41) is 15.1. The molecule has 0 spiro atoms. The molecule has 4 aromatic heterocycles. The van der Waals surface area contributed by atoms with Crippen molar-refractivity contribution in [2.24, 2.45) is 0 Å². The number of aromatic nitrogens is 7. The zero-order valence-electron chi connectivity index (χ0n) is 28.6. The largest absolute Gasteiger partial charge is 0.352 e. The van der Waals surface area contributed by atoms with Crippen molar-refractivity contribution in [3.05, 3.63) is 66.5 Å². The first-order chi connectivity index (χ1) is 25.0. The molecule has 1 aliphatic carbocycles. The van der Waals surface area contributed by atoms with Gasteiger partial charge in [0.25, 0.3) is 10.0 Å². The van der Waals surface area contributed by atoms with Crippen molar-refractivity contribution in [3.8, 4) is 11.4 Å². The Bertz CT molecular complexity index is 2300. The number of nitrogens with zero attached hydrogens (tertiary/aromatic N) is 10. The van der Waals surface area contributed by atoms with E-state index in [0.717, 1.165) is 20.8 Å². The molecule has 2 saturated heterocycles. The number of carbonyl (C=O) groups excluding carboxylic acids is 2. The number of urea groups is 1. The number of hydrogen-bond acceptors (Lipinski definition) is 12. The summed E-state index contributed by atoms with van der Waals surface area (Å²) >= 11 is 0. The number of rotatable bonds is 10. The molecule has 2 aliphatic heterocycles. The Labute approximate surface area is 298 Å². The first kappa shape index (κ1) is 33.6. The van der Waals surface area contributed by atoms with E-state index >= 15 is 4.39 Å². The molecule has 3 amide bonds. The highest BCUT2D eigenvalue weighted by Gasteiger charge is 2.38. The zero-order valence-corrected chi connectivity index (χ0v) is 29.4. The van der Waals surface area contributed by atoms with Crippen LogP contribution in [0.5, 0.6) is 0 Å². The predicted octanol–water partition coefficient (Wildman–Crippen LogP) is 3.66. The van der Waals surface area contributed by atoms with E-state index in [4.69, 9.17) is 5.10 Å². The molecule has 0 unspecified atom stereocenters. The van der Waals surface area contributed by atoms with Gasteiger partial charge in [-0.3, -0.25) is 24.6 Å². The van der Waals surface area contributed by atoms with Gasteiger partial charge < -0.3 is 10.2 Å². The second-order valence-electron chi connectivity index (χ2n) is 13.5. The number of amides is 3. The second-order valence-corrected chi connectivity index (χ2v) is 15.5. The van der Waals surface area contributed by atoms with Crippen LogP contribution >= 0.6 is 0 Å². The van der Waals surface area contributed by atoms with Crippen molar-refractivity contribution in [3.63, 3.8) is 0 Å². The molecule has 1 aromatic carbocycles. The molecule has 6 heterocycles. The van der Waals surface area contributed by atoms with Crippen LogP contribution in [0.15, 0.2) is 55.1 Å². The van der Waals surface area contributed by atoms with E-state index < -0.39 is 21.9 Å². The number of fused-ring (bicyclic) bond motifs is 1. The van der Waals surface area contributed by atoms with Gasteiger partial charge in [0.2, 0.25) is 5.91 Å². The summed E-state index contributed by atoms with van der Waals surface area (Å²) < 4.78 is 43.3. The third-order valence-electron chi connectivity index (χ3n) is 9.47. The van der Waals surface area contributed by atoms with Gasteiger partial charge in [0.15, 0.2) is 11.6 Å². The summed E-state index contributed by atoms with van der Waals surface area (Å²) in [6.45, 7) is 7.55. The van der Waals surface area contributed by atoms with Crippen LogP contribution in [-0.2, 0) is 21.4 Å². The molecule has 8 rings (SSSR count). The zero-order chi connectivity index (χ0) is 36.1. The number of anilines is 4. The Hall–Kier alpha value is -5.49. The van der Waals surface area contributed by atoms with E-state index in [2.05, 4.69) is 54.3 Å². The van der Waals surface area contributed by atoms with Gasteiger partial charge in [0.05, 0.1) is 34.1 Å². The van der Waals surface area contributed by atoms with Crippen molar-refractivity contribution in [1.29, 1.82) is 0 Å². The molecule has 16 nitrogen and oxygen atoms in total. The normalized spacial score (nSPS) is 17.3. The standard InChI is InChI=1S/C34H37FN12O4S/c1-21(2)47-28-16-30(39-29-7-9-36-32(40-29)23-17-38-46(20-23)52(50,51)25-5-6-25)37-18-26(28)33(42-47)44-13-11-43(12-14-44)19-22-3-4-24(15-27(22)35)45-10-8-31(48)41-34(45)49/h3-4,7,9,15-18,20-21,25H,5-6,8,10-14,19H2,1-2H3,(H,41,48,49)(H,36,37,39,40). The lowest BCUT2D eigenvalue weighted by Gasteiger charge is -2.35. The summed E-state index contributed by atoms with van der Waals surface area (Å²) in [7, 11) is -3.50. The van der Waals surface area contributed by atoms with Crippen molar-refractivity contribution >= 4 is 56.0 Å². The average Bonchev–Trinajstić information content (AvgIpc) is 3.75. The van der Waals surface area contributed by atoms with Gasteiger partial charge in [-0.2, -0.15) is 14.3 Å². The summed E-state index contributed by atoms with van der Waals surface area (Å²) in [5.41, 5.74) is 2.35. The number of pyridine rings is 1. The molecular weight excluding hydrogens is 692 g/mol. The summed E-state index contributed by atoms with van der Waals surface area (Å²) in [6, 6.07) is 7.95. The minimum Gasteiger partial charge on any atom is -0.352 e. The second kappa shape index (κ2) is 13.2. The number of imide groups is 1. The van der Waals surface area contributed by atoms with Gasteiger partial charge in [0.1, 0.15) is 17.5 Å². The lowest BCUT2D eigenvalue weighted by atomic mass is 10.1. The third-order valence-corrected chi connectivity index (χ3v) is 11.5. The minimum absolute atomic E-state index is 0.0735. The maximum absolute atomic E-state index is 15.2. The molecule has 270 valence electrons. The van der Waals surface area contributed by atoms with Crippen molar-refractivity contribution in [2.45, 2.75) is 50.9 Å². The highest BCUT2D eigenvalue weighted by Crippen LogP contribution is 2.32. The van der Waals surface area contributed by atoms with E-state index in [1.54, 1.807) is 30.6 Å². The number of hydrogen-bond donors (Lipinski definition) is 2. The Morgan fingerprint density at radius 1 is 1.00 bits per heavy atom. The van der Waals surface area contributed by atoms with E-state index in [1.807, 2.05) is 10.7 Å². The van der Waals surface area contributed by atoms with E-state index in [1.165, 1.54) is 23.4 Å². The summed E-state index contributed by atoms with van der Waals surface area (Å²) in [6.07, 6.45) is 7.76. The first-order valence-electron chi connectivity index (χ1n) is 17.2. The van der Waals surface area contributed by atoms with E-state index in [9.17, 15) is 18.0 Å². The summed E-state index contributed by atoms with van der Waals surface area (Å²) in [4.78, 5) is 43.1. The topological polar surface area (TPSA) is 176 Å². The van der Waals surface area contributed by atoms with Gasteiger partial charge in [-0.1, -0.05) is 6.07 Å². The fourth-order valence-electron chi connectivity index (χ4n) is 6.49. The molecule has 5 aromatic rings. The van der Waals surface area contributed by atoms with Crippen LogP contribution < -0.4 is 20.4 Å². The molecular formula is C34H37FN12O4S. The Balaban J connectivity index is 0.944. The maximum atomic E-state index is 15.2. The fraction of sp³-hybridized carbons (Fsp3) is 0.382. The number of benzene rings is 1. The molecule has 0 bridgehead atoms. The number of carbonyl (C=O) groups is 2. The highest BCUT2D eigenvalue weighted by molar-refractivity contribution is 7.90. The van der Waals surface area contributed by atoms with E-state index in [-0.39, 0.29) is 30.2 Å². The van der Waals surface area contributed by atoms with Gasteiger partial charge in [-0.15, -0.1) is 0 Å². The molecule has 52 heavy (non-hydrogen) atoms. The number of nitrogens with one attached hydrogen (secondary N) is 2. The predicted molar refractivity (Wildman–Crippen MR) is 191 cm³/mol. The maximum Gasteiger partial charge on any atom is 0.328 e. The van der Waals surface area contributed by atoms with Gasteiger partial charge in [-0.25, -0.2) is 32.6 Å². The first-order valence-corrected chi connectivity index (χ1v) is 18.7. The van der Waals surface area contributed by atoms with Crippen LogP contribution in [0.25, 0.3) is 22.3 Å². The Kier molecular flexibility index (Phi) is 8.57. The molecule has 1 saturated carbocycles. The number of piperazine rings is 1. The van der Waals surface area contributed by atoms with Crippen LogP contribution in [-0.4, -0.2) is 97.1 Å². The highest BCUT2D eigenvalue weighted by atomic mass is 32.2. The SMILES string of the molecule is CC(C)n1nc(N2CCN(Cc3ccc(N4CCC(=O)NC4=O)cc3F)CC2)c2cnc(Nc3ccnc(-c4cnn(S(=O)(=O)C5CC5)c4)n3)cc21. The van der Waals surface area contributed by atoms with Crippen molar-refractivity contribution in [2.75, 3.05) is 47.8 Å². The third kappa shape index (κ3) is 6.54. The Morgan fingerprint density at radius 2 is 1.81 bits per heavy atom. The van der Waals surface area contributed by atoms with Gasteiger partial charge in [-0.05, 0) is 44.9 Å².